The SMILES string of the molecule is Cc1c(Cl)c(C(=O)N[C@H](C)[C@@H]2CCCO2)nn1C. The lowest BCUT2D eigenvalue weighted by Gasteiger charge is -2.19. The molecule has 1 fully saturated rings. The van der Waals surface area contributed by atoms with Crippen LogP contribution in [-0.4, -0.2) is 34.4 Å². The monoisotopic (exact) mass is 271 g/mol. The topological polar surface area (TPSA) is 56.1 Å². The van der Waals surface area contributed by atoms with Crippen LogP contribution in [0.4, 0.5) is 0 Å². The fourth-order valence-corrected chi connectivity index (χ4v) is 2.34. The third-order valence-electron chi connectivity index (χ3n) is 3.36. The highest BCUT2D eigenvalue weighted by atomic mass is 35.5. The Morgan fingerprint density at radius 1 is 1.67 bits per heavy atom. The molecule has 1 amide bonds. The Bertz CT molecular complexity index is 452. The van der Waals surface area contributed by atoms with Crippen LogP contribution in [0.15, 0.2) is 0 Å². The van der Waals surface area contributed by atoms with Gasteiger partial charge in [0, 0.05) is 13.7 Å². The van der Waals surface area contributed by atoms with E-state index >= 15 is 0 Å². The van der Waals surface area contributed by atoms with Crippen LogP contribution in [0.2, 0.25) is 5.02 Å². The minimum Gasteiger partial charge on any atom is -0.376 e. The summed E-state index contributed by atoms with van der Waals surface area (Å²) in [6, 6.07) is -0.0293. The molecule has 100 valence electrons. The van der Waals surface area contributed by atoms with Crippen molar-refractivity contribution >= 4 is 17.5 Å². The first-order chi connectivity index (χ1) is 8.50. The number of aryl methyl sites for hydroxylation is 1. The normalized spacial score (nSPS) is 21.0. The van der Waals surface area contributed by atoms with Gasteiger partial charge in [-0.05, 0) is 26.7 Å². The second-order valence-corrected chi connectivity index (χ2v) is 5.06. The van der Waals surface area contributed by atoms with E-state index in [1.807, 2.05) is 13.8 Å². The van der Waals surface area contributed by atoms with E-state index in [-0.39, 0.29) is 23.7 Å². The number of ether oxygens (including phenoxy) is 1. The molecule has 6 heteroatoms. The largest absolute Gasteiger partial charge is 0.376 e. The third-order valence-corrected chi connectivity index (χ3v) is 3.81. The molecule has 5 nitrogen and oxygen atoms in total. The molecule has 0 spiro atoms. The lowest BCUT2D eigenvalue weighted by Crippen LogP contribution is -2.41. The fraction of sp³-hybridized carbons (Fsp3) is 0.667. The standard InChI is InChI=1S/C12H18ClN3O2/c1-7(9-5-4-6-18-9)14-12(17)11-10(13)8(2)16(3)15-11/h7,9H,4-6H2,1-3H3,(H,14,17)/t7-,9+/m1/s1. The predicted molar refractivity (Wildman–Crippen MR) is 68.9 cm³/mol. The van der Waals surface area contributed by atoms with Crippen LogP contribution in [0.5, 0.6) is 0 Å². The van der Waals surface area contributed by atoms with E-state index in [0.29, 0.717) is 5.02 Å². The molecule has 1 N–H and O–H groups in total. The highest BCUT2D eigenvalue weighted by molar-refractivity contribution is 6.34. The van der Waals surface area contributed by atoms with E-state index in [4.69, 9.17) is 16.3 Å². The minimum absolute atomic E-state index is 0.0293. The van der Waals surface area contributed by atoms with Gasteiger partial charge in [-0.25, -0.2) is 0 Å². The zero-order valence-electron chi connectivity index (χ0n) is 10.9. The number of halogens is 1. The average Bonchev–Trinajstić information content (AvgIpc) is 2.94. The number of nitrogens with one attached hydrogen (secondary N) is 1. The summed E-state index contributed by atoms with van der Waals surface area (Å²) >= 11 is 6.08. The maximum atomic E-state index is 12.1. The number of rotatable bonds is 3. The lowest BCUT2D eigenvalue weighted by atomic mass is 10.1. The van der Waals surface area contributed by atoms with Crippen LogP contribution in [0, 0.1) is 6.92 Å². The van der Waals surface area contributed by atoms with E-state index in [9.17, 15) is 4.79 Å². The number of carbonyl (C=O) groups is 1. The Kier molecular flexibility index (Phi) is 3.92. The second kappa shape index (κ2) is 5.28. The van der Waals surface area contributed by atoms with Crippen LogP contribution >= 0.6 is 11.6 Å². The molecule has 1 saturated heterocycles. The lowest BCUT2D eigenvalue weighted by molar-refractivity contribution is 0.0709. The number of aromatic nitrogens is 2. The summed E-state index contributed by atoms with van der Waals surface area (Å²) in [5.41, 5.74) is 1.06. The molecule has 1 aromatic rings. The van der Waals surface area contributed by atoms with E-state index in [1.54, 1.807) is 11.7 Å². The molecule has 0 aromatic carbocycles. The number of amides is 1. The van der Waals surface area contributed by atoms with Crippen LogP contribution in [0.25, 0.3) is 0 Å². The Labute approximate surface area is 111 Å². The van der Waals surface area contributed by atoms with Gasteiger partial charge in [-0.1, -0.05) is 11.6 Å². The summed E-state index contributed by atoms with van der Waals surface area (Å²) in [6.07, 6.45) is 2.13. The molecule has 2 rings (SSSR count). The molecule has 0 bridgehead atoms. The van der Waals surface area contributed by atoms with Crippen LogP contribution in [-0.2, 0) is 11.8 Å². The van der Waals surface area contributed by atoms with E-state index in [1.165, 1.54) is 0 Å². The number of nitrogens with zero attached hydrogens (tertiary/aromatic N) is 2. The molecule has 18 heavy (non-hydrogen) atoms. The van der Waals surface area contributed by atoms with Gasteiger partial charge in [0.2, 0.25) is 0 Å². The minimum atomic E-state index is -0.244. The van der Waals surface area contributed by atoms with Crippen molar-refractivity contribution in [3.05, 3.63) is 16.4 Å². The Balaban J connectivity index is 2.04. The quantitative estimate of drug-likeness (QED) is 0.910. The van der Waals surface area contributed by atoms with Crippen LogP contribution < -0.4 is 5.32 Å². The van der Waals surface area contributed by atoms with Crippen molar-refractivity contribution in [2.45, 2.75) is 38.8 Å². The fourth-order valence-electron chi connectivity index (χ4n) is 2.09. The van der Waals surface area contributed by atoms with E-state index < -0.39 is 0 Å². The maximum Gasteiger partial charge on any atom is 0.273 e. The molecular weight excluding hydrogens is 254 g/mol. The summed E-state index contributed by atoms with van der Waals surface area (Å²) in [5.74, 6) is -0.244. The molecule has 1 aliphatic heterocycles. The van der Waals surface area contributed by atoms with E-state index in [0.717, 1.165) is 25.1 Å². The van der Waals surface area contributed by atoms with Gasteiger partial charge < -0.3 is 10.1 Å². The molecule has 0 aliphatic carbocycles. The number of hydrogen-bond acceptors (Lipinski definition) is 3. The van der Waals surface area contributed by atoms with Crippen LogP contribution in [0.3, 0.4) is 0 Å². The average molecular weight is 272 g/mol. The van der Waals surface area contributed by atoms with Gasteiger partial charge >= 0.3 is 0 Å². The summed E-state index contributed by atoms with van der Waals surface area (Å²) in [5, 5.41) is 7.43. The van der Waals surface area contributed by atoms with Crippen molar-refractivity contribution in [3.8, 4) is 0 Å². The van der Waals surface area contributed by atoms with Crippen molar-refractivity contribution in [1.82, 2.24) is 15.1 Å². The molecule has 2 heterocycles. The van der Waals surface area contributed by atoms with Crippen molar-refractivity contribution in [2.75, 3.05) is 6.61 Å². The van der Waals surface area contributed by atoms with Crippen LogP contribution in [0.1, 0.15) is 35.9 Å². The van der Waals surface area contributed by atoms with Crippen molar-refractivity contribution in [1.29, 1.82) is 0 Å². The first-order valence-corrected chi connectivity index (χ1v) is 6.50. The first-order valence-electron chi connectivity index (χ1n) is 6.12. The molecule has 0 saturated carbocycles. The third kappa shape index (κ3) is 2.52. The molecule has 1 aromatic heterocycles. The van der Waals surface area contributed by atoms with Gasteiger partial charge in [0.1, 0.15) is 0 Å². The molecule has 0 unspecified atom stereocenters. The smallest absolute Gasteiger partial charge is 0.273 e. The molecule has 2 atom stereocenters. The highest BCUT2D eigenvalue weighted by Gasteiger charge is 2.26. The maximum absolute atomic E-state index is 12.1. The van der Waals surface area contributed by atoms with Gasteiger partial charge in [-0.3, -0.25) is 9.48 Å². The number of hydrogen-bond donors (Lipinski definition) is 1. The molecular formula is C12H18ClN3O2. The Morgan fingerprint density at radius 3 is 2.89 bits per heavy atom. The summed E-state index contributed by atoms with van der Waals surface area (Å²) in [7, 11) is 1.77. The van der Waals surface area contributed by atoms with Gasteiger partial charge in [-0.15, -0.1) is 0 Å². The summed E-state index contributed by atoms with van der Waals surface area (Å²) in [4.78, 5) is 12.1. The second-order valence-electron chi connectivity index (χ2n) is 4.69. The van der Waals surface area contributed by atoms with Gasteiger partial charge in [0.15, 0.2) is 5.69 Å². The molecule has 1 aliphatic rings. The van der Waals surface area contributed by atoms with Gasteiger partial charge in [0.05, 0.1) is 22.9 Å². The van der Waals surface area contributed by atoms with Crippen molar-refractivity contribution in [2.24, 2.45) is 7.05 Å². The zero-order chi connectivity index (χ0) is 13.3. The Hall–Kier alpha value is -1.07. The van der Waals surface area contributed by atoms with Crippen molar-refractivity contribution in [3.63, 3.8) is 0 Å². The summed E-state index contributed by atoms with van der Waals surface area (Å²) in [6.45, 7) is 4.54. The first kappa shape index (κ1) is 13.4. The van der Waals surface area contributed by atoms with Gasteiger partial charge in [-0.2, -0.15) is 5.10 Å². The number of carbonyl (C=O) groups excluding carboxylic acids is 1. The van der Waals surface area contributed by atoms with Gasteiger partial charge in [0.25, 0.3) is 5.91 Å². The predicted octanol–water partition coefficient (Wildman–Crippen LogP) is 1.68. The molecule has 0 radical (unpaired) electrons. The highest BCUT2D eigenvalue weighted by Crippen LogP contribution is 2.20. The zero-order valence-corrected chi connectivity index (χ0v) is 11.6. The van der Waals surface area contributed by atoms with E-state index in [2.05, 4.69) is 10.4 Å². The van der Waals surface area contributed by atoms with Crippen molar-refractivity contribution < 1.29 is 9.53 Å². The Morgan fingerprint density at radius 2 is 2.39 bits per heavy atom. The summed E-state index contributed by atoms with van der Waals surface area (Å²) < 4.78 is 7.14.